The molecule has 0 saturated carbocycles. The SMILES string of the molecule is CCCNC(C)(CCCCN(C)CC)C(=O)OCC. The summed E-state index contributed by atoms with van der Waals surface area (Å²) in [5.74, 6) is -0.118. The number of hydrogen-bond donors (Lipinski definition) is 1. The molecule has 0 aromatic carbocycles. The van der Waals surface area contributed by atoms with Gasteiger partial charge in [0.1, 0.15) is 5.54 Å². The molecular formula is C15H32N2O2. The van der Waals surface area contributed by atoms with Gasteiger partial charge in [-0.1, -0.05) is 13.8 Å². The first-order valence-corrected chi connectivity index (χ1v) is 7.61. The van der Waals surface area contributed by atoms with Gasteiger partial charge >= 0.3 is 5.97 Å². The largest absolute Gasteiger partial charge is 0.465 e. The lowest BCUT2D eigenvalue weighted by Gasteiger charge is -2.28. The van der Waals surface area contributed by atoms with Crippen LogP contribution in [-0.4, -0.2) is 49.7 Å². The van der Waals surface area contributed by atoms with Gasteiger partial charge in [0, 0.05) is 0 Å². The summed E-state index contributed by atoms with van der Waals surface area (Å²) in [6.45, 7) is 11.5. The summed E-state index contributed by atoms with van der Waals surface area (Å²) in [4.78, 5) is 14.4. The van der Waals surface area contributed by atoms with Crippen LogP contribution in [0.4, 0.5) is 0 Å². The fourth-order valence-corrected chi connectivity index (χ4v) is 1.97. The normalized spacial score (nSPS) is 14.4. The molecule has 4 nitrogen and oxygen atoms in total. The average molecular weight is 272 g/mol. The maximum Gasteiger partial charge on any atom is 0.326 e. The summed E-state index contributed by atoms with van der Waals surface area (Å²) in [6, 6.07) is 0. The topological polar surface area (TPSA) is 41.6 Å². The quantitative estimate of drug-likeness (QED) is 0.463. The summed E-state index contributed by atoms with van der Waals surface area (Å²) < 4.78 is 5.19. The zero-order valence-electron chi connectivity index (χ0n) is 13.4. The number of esters is 1. The van der Waals surface area contributed by atoms with Crippen LogP contribution in [0, 0.1) is 0 Å². The Morgan fingerprint density at radius 3 is 2.47 bits per heavy atom. The first kappa shape index (κ1) is 18.4. The molecule has 0 radical (unpaired) electrons. The first-order chi connectivity index (χ1) is 9.00. The van der Waals surface area contributed by atoms with Crippen molar-refractivity contribution in [3.8, 4) is 0 Å². The van der Waals surface area contributed by atoms with Crippen LogP contribution in [0.2, 0.25) is 0 Å². The van der Waals surface area contributed by atoms with Crippen molar-refractivity contribution in [2.24, 2.45) is 0 Å². The van der Waals surface area contributed by atoms with Crippen molar-refractivity contribution in [1.82, 2.24) is 10.2 Å². The number of carbonyl (C=O) groups is 1. The third kappa shape index (κ3) is 7.53. The van der Waals surface area contributed by atoms with Gasteiger partial charge in [0.15, 0.2) is 0 Å². The second kappa shape index (κ2) is 10.2. The zero-order chi connectivity index (χ0) is 14.7. The Morgan fingerprint density at radius 1 is 1.26 bits per heavy atom. The Morgan fingerprint density at radius 2 is 1.95 bits per heavy atom. The highest BCUT2D eigenvalue weighted by atomic mass is 16.5. The molecule has 1 N–H and O–H groups in total. The predicted molar refractivity (Wildman–Crippen MR) is 80.4 cm³/mol. The standard InChI is InChI=1S/C15H32N2O2/c1-6-12-16-15(4,14(18)19-8-3)11-9-10-13-17(5)7-2/h16H,6-13H2,1-5H3. The van der Waals surface area contributed by atoms with Crippen molar-refractivity contribution in [2.75, 3.05) is 33.3 Å². The maximum atomic E-state index is 12.1. The molecule has 0 bridgehead atoms. The van der Waals surface area contributed by atoms with Crippen molar-refractivity contribution in [3.63, 3.8) is 0 Å². The third-order valence-corrected chi connectivity index (χ3v) is 3.50. The number of nitrogens with one attached hydrogen (secondary N) is 1. The number of rotatable bonds is 11. The minimum absolute atomic E-state index is 0.118. The van der Waals surface area contributed by atoms with Gasteiger partial charge < -0.3 is 15.0 Å². The molecule has 114 valence electrons. The number of nitrogens with zero attached hydrogens (tertiary/aromatic N) is 1. The summed E-state index contributed by atoms with van der Waals surface area (Å²) in [6.07, 6.45) is 4.01. The molecule has 0 aliphatic heterocycles. The molecule has 0 fully saturated rings. The van der Waals surface area contributed by atoms with E-state index >= 15 is 0 Å². The van der Waals surface area contributed by atoms with Crippen LogP contribution in [0.1, 0.15) is 53.4 Å². The lowest BCUT2D eigenvalue weighted by Crippen LogP contribution is -2.50. The van der Waals surface area contributed by atoms with E-state index in [1.807, 2.05) is 13.8 Å². The molecule has 0 aliphatic rings. The second-order valence-electron chi connectivity index (χ2n) is 5.33. The molecule has 1 atom stereocenters. The minimum Gasteiger partial charge on any atom is -0.465 e. The summed E-state index contributed by atoms with van der Waals surface area (Å²) in [5, 5.41) is 3.34. The molecule has 0 aromatic heterocycles. The molecule has 4 heteroatoms. The molecule has 0 heterocycles. The van der Waals surface area contributed by atoms with Crippen molar-refractivity contribution >= 4 is 5.97 Å². The van der Waals surface area contributed by atoms with Crippen molar-refractivity contribution < 1.29 is 9.53 Å². The van der Waals surface area contributed by atoms with Gasteiger partial charge in [0.25, 0.3) is 0 Å². The number of hydrogen-bond acceptors (Lipinski definition) is 4. The first-order valence-electron chi connectivity index (χ1n) is 7.61. The predicted octanol–water partition coefficient (Wildman–Crippen LogP) is 2.43. The summed E-state index contributed by atoms with van der Waals surface area (Å²) in [5.41, 5.74) is -0.531. The van der Waals surface area contributed by atoms with Crippen molar-refractivity contribution in [3.05, 3.63) is 0 Å². The molecule has 19 heavy (non-hydrogen) atoms. The number of unbranched alkanes of at least 4 members (excludes halogenated alkanes) is 1. The Labute approximate surface area is 118 Å². The van der Waals surface area contributed by atoms with Crippen LogP contribution in [0.25, 0.3) is 0 Å². The van der Waals surface area contributed by atoms with Gasteiger partial charge in [-0.3, -0.25) is 4.79 Å². The van der Waals surface area contributed by atoms with E-state index in [4.69, 9.17) is 4.74 Å². The summed E-state index contributed by atoms with van der Waals surface area (Å²) in [7, 11) is 2.12. The fraction of sp³-hybridized carbons (Fsp3) is 0.933. The molecule has 0 aliphatic carbocycles. The molecule has 1 unspecified atom stereocenters. The molecule has 0 rings (SSSR count). The number of carbonyl (C=O) groups excluding carboxylic acids is 1. The summed E-state index contributed by atoms with van der Waals surface area (Å²) >= 11 is 0. The smallest absolute Gasteiger partial charge is 0.326 e. The van der Waals surface area contributed by atoms with Crippen LogP contribution in [0.3, 0.4) is 0 Å². The highest BCUT2D eigenvalue weighted by Crippen LogP contribution is 2.16. The van der Waals surface area contributed by atoms with Gasteiger partial charge in [-0.25, -0.2) is 0 Å². The molecular weight excluding hydrogens is 240 g/mol. The van der Waals surface area contributed by atoms with Gasteiger partial charge in [-0.05, 0) is 66.2 Å². The van der Waals surface area contributed by atoms with Gasteiger partial charge in [0.05, 0.1) is 6.61 Å². The van der Waals surface area contributed by atoms with Crippen molar-refractivity contribution in [1.29, 1.82) is 0 Å². The monoisotopic (exact) mass is 272 g/mol. The second-order valence-corrected chi connectivity index (χ2v) is 5.33. The lowest BCUT2D eigenvalue weighted by atomic mass is 9.94. The van der Waals surface area contributed by atoms with E-state index in [9.17, 15) is 4.79 Å². The minimum atomic E-state index is -0.531. The van der Waals surface area contributed by atoms with Crippen LogP contribution >= 0.6 is 0 Å². The Hall–Kier alpha value is -0.610. The Bertz CT molecular complexity index is 246. The van der Waals surface area contributed by atoms with Gasteiger partial charge in [0.2, 0.25) is 0 Å². The molecule has 0 aromatic rings. The van der Waals surface area contributed by atoms with Crippen molar-refractivity contribution in [2.45, 2.75) is 58.9 Å². The van der Waals surface area contributed by atoms with E-state index < -0.39 is 5.54 Å². The van der Waals surface area contributed by atoms with E-state index in [1.165, 1.54) is 0 Å². The zero-order valence-corrected chi connectivity index (χ0v) is 13.4. The van der Waals surface area contributed by atoms with E-state index in [1.54, 1.807) is 0 Å². The number of ether oxygens (including phenoxy) is 1. The fourth-order valence-electron chi connectivity index (χ4n) is 1.97. The third-order valence-electron chi connectivity index (χ3n) is 3.50. The van der Waals surface area contributed by atoms with E-state index in [0.29, 0.717) is 6.61 Å². The molecule has 0 saturated heterocycles. The maximum absolute atomic E-state index is 12.1. The van der Waals surface area contributed by atoms with Crippen LogP contribution in [0.15, 0.2) is 0 Å². The van der Waals surface area contributed by atoms with Crippen LogP contribution in [0.5, 0.6) is 0 Å². The van der Waals surface area contributed by atoms with E-state index in [2.05, 4.69) is 31.1 Å². The van der Waals surface area contributed by atoms with E-state index in [0.717, 1.165) is 45.3 Å². The van der Waals surface area contributed by atoms with Gasteiger partial charge in [-0.2, -0.15) is 0 Å². The average Bonchev–Trinajstić information content (AvgIpc) is 2.41. The van der Waals surface area contributed by atoms with Gasteiger partial charge in [-0.15, -0.1) is 0 Å². The Balaban J connectivity index is 4.22. The highest BCUT2D eigenvalue weighted by Gasteiger charge is 2.33. The lowest BCUT2D eigenvalue weighted by molar-refractivity contribution is -0.150. The molecule has 0 amide bonds. The van der Waals surface area contributed by atoms with Crippen LogP contribution < -0.4 is 5.32 Å². The van der Waals surface area contributed by atoms with E-state index in [-0.39, 0.29) is 5.97 Å². The highest BCUT2D eigenvalue weighted by molar-refractivity contribution is 5.80. The Kier molecular flexibility index (Phi) is 9.88. The molecule has 0 spiro atoms. The van der Waals surface area contributed by atoms with Crippen LogP contribution in [-0.2, 0) is 9.53 Å².